The van der Waals surface area contributed by atoms with Crippen molar-refractivity contribution in [3.8, 4) is 5.75 Å². The summed E-state index contributed by atoms with van der Waals surface area (Å²) in [5, 5.41) is 6.87. The normalized spacial score (nSPS) is 10.4. The molecule has 1 aromatic heterocycles. The van der Waals surface area contributed by atoms with Gasteiger partial charge in [-0.3, -0.25) is 4.79 Å². The van der Waals surface area contributed by atoms with Gasteiger partial charge >= 0.3 is 0 Å². The van der Waals surface area contributed by atoms with E-state index in [4.69, 9.17) is 16.3 Å². The maximum atomic E-state index is 12.2. The van der Waals surface area contributed by atoms with Crippen LogP contribution in [0.1, 0.15) is 11.1 Å². The molecule has 1 amide bonds. The average molecular weight is 396 g/mol. The van der Waals surface area contributed by atoms with E-state index < -0.39 is 0 Å². The minimum Gasteiger partial charge on any atom is -0.497 e. The second kappa shape index (κ2) is 9.76. The lowest BCUT2D eigenvalue weighted by molar-refractivity contribution is -0.115. The van der Waals surface area contributed by atoms with Gasteiger partial charge in [0.1, 0.15) is 11.6 Å². The van der Waals surface area contributed by atoms with E-state index in [0.29, 0.717) is 12.1 Å². The molecule has 0 atom stereocenters. The van der Waals surface area contributed by atoms with E-state index in [-0.39, 0.29) is 5.91 Å². The molecule has 144 valence electrons. The first kappa shape index (κ1) is 19.7. The number of aromatic nitrogens is 1. The summed E-state index contributed by atoms with van der Waals surface area (Å²) in [6.07, 6.45) is 2.79. The molecule has 0 aliphatic rings. The summed E-state index contributed by atoms with van der Waals surface area (Å²) in [6.45, 7) is 0.747. The van der Waals surface area contributed by atoms with Crippen molar-refractivity contribution < 1.29 is 9.53 Å². The molecule has 0 saturated carbocycles. The van der Waals surface area contributed by atoms with Gasteiger partial charge in [0, 0.05) is 11.6 Å². The number of hydrogen-bond acceptors (Lipinski definition) is 4. The number of halogens is 1. The van der Waals surface area contributed by atoms with Crippen LogP contribution in [0, 0.1) is 0 Å². The maximum absolute atomic E-state index is 12.2. The number of nitrogens with zero attached hydrogens (tertiary/aromatic N) is 1. The predicted octanol–water partition coefficient (Wildman–Crippen LogP) is 4.58. The van der Waals surface area contributed by atoms with Gasteiger partial charge in [0.15, 0.2) is 0 Å². The van der Waals surface area contributed by atoms with Crippen LogP contribution in [0.25, 0.3) is 0 Å². The zero-order valence-corrected chi connectivity index (χ0v) is 16.4. The van der Waals surface area contributed by atoms with Gasteiger partial charge in [-0.1, -0.05) is 35.9 Å². The molecule has 2 aromatic carbocycles. The Kier molecular flexibility index (Phi) is 6.87. The Morgan fingerprint density at radius 2 is 1.89 bits per heavy atom. The fourth-order valence-corrected chi connectivity index (χ4v) is 2.95. The number of nitrogens with one attached hydrogen (secondary N) is 2. The van der Waals surface area contributed by atoms with Crippen molar-refractivity contribution in [2.45, 2.75) is 12.8 Å². The summed E-state index contributed by atoms with van der Waals surface area (Å²) in [4.78, 5) is 16.5. The second-order valence-electron chi connectivity index (χ2n) is 6.31. The van der Waals surface area contributed by atoms with Crippen molar-refractivity contribution in [1.82, 2.24) is 4.98 Å². The predicted molar refractivity (Wildman–Crippen MR) is 113 cm³/mol. The summed E-state index contributed by atoms with van der Waals surface area (Å²) in [7, 11) is 1.62. The Morgan fingerprint density at radius 3 is 2.57 bits per heavy atom. The second-order valence-corrected chi connectivity index (χ2v) is 6.75. The van der Waals surface area contributed by atoms with E-state index in [1.54, 1.807) is 13.3 Å². The SMILES string of the molecule is COc1ccc(CC(=O)Nc2ccc(NCCc3cccc(Cl)c3)nc2)cc1. The van der Waals surface area contributed by atoms with E-state index in [9.17, 15) is 4.79 Å². The van der Waals surface area contributed by atoms with E-state index in [1.807, 2.05) is 60.7 Å². The molecule has 3 rings (SSSR count). The van der Waals surface area contributed by atoms with E-state index in [1.165, 1.54) is 5.56 Å². The van der Waals surface area contributed by atoms with Gasteiger partial charge in [-0.25, -0.2) is 4.98 Å². The molecule has 0 aliphatic heterocycles. The number of carbonyl (C=O) groups excluding carboxylic acids is 1. The highest BCUT2D eigenvalue weighted by molar-refractivity contribution is 6.30. The summed E-state index contributed by atoms with van der Waals surface area (Å²) >= 11 is 5.99. The molecular weight excluding hydrogens is 374 g/mol. The van der Waals surface area contributed by atoms with Gasteiger partial charge in [0.2, 0.25) is 5.91 Å². The molecule has 0 spiro atoms. The number of pyridine rings is 1. The zero-order chi connectivity index (χ0) is 19.8. The average Bonchev–Trinajstić information content (AvgIpc) is 2.70. The standard InChI is InChI=1S/C22H22ClN3O2/c1-28-20-8-5-17(6-9-20)14-22(27)26-19-7-10-21(25-15-19)24-12-11-16-3-2-4-18(23)13-16/h2-10,13,15H,11-12,14H2,1H3,(H,24,25)(H,26,27). The van der Waals surface area contributed by atoms with Crippen LogP contribution in [0.4, 0.5) is 11.5 Å². The van der Waals surface area contributed by atoms with Crippen LogP contribution in [-0.4, -0.2) is 24.5 Å². The number of amides is 1. The molecule has 0 bridgehead atoms. The first-order valence-corrected chi connectivity index (χ1v) is 9.37. The van der Waals surface area contributed by atoms with Gasteiger partial charge in [-0.2, -0.15) is 0 Å². The molecule has 28 heavy (non-hydrogen) atoms. The highest BCUT2D eigenvalue weighted by Crippen LogP contribution is 2.14. The lowest BCUT2D eigenvalue weighted by atomic mass is 10.1. The molecule has 2 N–H and O–H groups in total. The third-order valence-corrected chi connectivity index (χ3v) is 4.41. The summed E-state index contributed by atoms with van der Waals surface area (Å²) in [6, 6.07) is 18.9. The van der Waals surface area contributed by atoms with Crippen molar-refractivity contribution in [2.24, 2.45) is 0 Å². The minimum absolute atomic E-state index is 0.0892. The van der Waals surface area contributed by atoms with Gasteiger partial charge in [0.05, 0.1) is 25.4 Å². The van der Waals surface area contributed by atoms with Crippen LogP contribution in [0.2, 0.25) is 5.02 Å². The van der Waals surface area contributed by atoms with Crippen LogP contribution in [-0.2, 0) is 17.6 Å². The molecule has 0 saturated heterocycles. The first-order chi connectivity index (χ1) is 13.6. The largest absolute Gasteiger partial charge is 0.497 e. The fraction of sp³-hybridized carbons (Fsp3) is 0.182. The van der Waals surface area contributed by atoms with Crippen LogP contribution in [0.5, 0.6) is 5.75 Å². The number of ether oxygens (including phenoxy) is 1. The minimum atomic E-state index is -0.0892. The molecule has 0 unspecified atom stereocenters. The van der Waals surface area contributed by atoms with Gasteiger partial charge in [-0.15, -0.1) is 0 Å². The number of rotatable bonds is 8. The highest BCUT2D eigenvalue weighted by atomic mass is 35.5. The molecule has 6 heteroatoms. The molecule has 5 nitrogen and oxygen atoms in total. The molecule has 0 fully saturated rings. The molecule has 0 aliphatic carbocycles. The summed E-state index contributed by atoms with van der Waals surface area (Å²) in [5.74, 6) is 1.44. The van der Waals surface area contributed by atoms with Crippen LogP contribution >= 0.6 is 11.6 Å². The van der Waals surface area contributed by atoms with Crippen LogP contribution < -0.4 is 15.4 Å². The first-order valence-electron chi connectivity index (χ1n) is 8.99. The zero-order valence-electron chi connectivity index (χ0n) is 15.6. The van der Waals surface area contributed by atoms with Gasteiger partial charge in [0.25, 0.3) is 0 Å². The van der Waals surface area contributed by atoms with Crippen LogP contribution in [0.3, 0.4) is 0 Å². The van der Waals surface area contributed by atoms with Gasteiger partial charge in [-0.05, 0) is 53.9 Å². The Hall–Kier alpha value is -3.05. The molecule has 3 aromatic rings. The van der Waals surface area contributed by atoms with E-state index in [2.05, 4.69) is 15.6 Å². The van der Waals surface area contributed by atoms with E-state index in [0.717, 1.165) is 35.1 Å². The number of hydrogen-bond donors (Lipinski definition) is 2. The maximum Gasteiger partial charge on any atom is 0.228 e. The lowest BCUT2D eigenvalue weighted by Crippen LogP contribution is -2.14. The van der Waals surface area contributed by atoms with Crippen molar-refractivity contribution in [2.75, 3.05) is 24.3 Å². The smallest absolute Gasteiger partial charge is 0.228 e. The van der Waals surface area contributed by atoms with Crippen molar-refractivity contribution in [3.63, 3.8) is 0 Å². The van der Waals surface area contributed by atoms with Crippen LogP contribution in [0.15, 0.2) is 66.9 Å². The quantitative estimate of drug-likeness (QED) is 0.586. The number of benzene rings is 2. The molecular formula is C22H22ClN3O2. The van der Waals surface area contributed by atoms with Gasteiger partial charge < -0.3 is 15.4 Å². The monoisotopic (exact) mass is 395 g/mol. The Morgan fingerprint density at radius 1 is 1.07 bits per heavy atom. The highest BCUT2D eigenvalue weighted by Gasteiger charge is 2.05. The Bertz CT molecular complexity index is 912. The Labute approximate surface area is 169 Å². The number of methoxy groups -OCH3 is 1. The fourth-order valence-electron chi connectivity index (χ4n) is 2.73. The third kappa shape index (κ3) is 5.99. The third-order valence-electron chi connectivity index (χ3n) is 4.18. The number of anilines is 2. The number of carbonyl (C=O) groups is 1. The van der Waals surface area contributed by atoms with Crippen molar-refractivity contribution >= 4 is 29.0 Å². The topological polar surface area (TPSA) is 63.2 Å². The molecule has 1 heterocycles. The summed E-state index contributed by atoms with van der Waals surface area (Å²) in [5.41, 5.74) is 2.76. The molecule has 0 radical (unpaired) electrons. The Balaban J connectivity index is 1.46. The van der Waals surface area contributed by atoms with E-state index >= 15 is 0 Å². The lowest BCUT2D eigenvalue weighted by Gasteiger charge is -2.08. The summed E-state index contributed by atoms with van der Waals surface area (Å²) < 4.78 is 5.12. The van der Waals surface area contributed by atoms with Crippen molar-refractivity contribution in [3.05, 3.63) is 83.0 Å². The van der Waals surface area contributed by atoms with Crippen molar-refractivity contribution in [1.29, 1.82) is 0 Å².